The van der Waals surface area contributed by atoms with Crippen LogP contribution in [0, 0.1) is 5.92 Å². The van der Waals surface area contributed by atoms with E-state index in [0.717, 1.165) is 34.3 Å². The molecule has 2 unspecified atom stereocenters. The minimum Gasteiger partial charge on any atom is -0.404 e. The summed E-state index contributed by atoms with van der Waals surface area (Å²) in [6.45, 7) is 3.51. The number of aliphatic imine (C=N–C) groups is 1. The van der Waals surface area contributed by atoms with E-state index in [2.05, 4.69) is 60.3 Å². The van der Waals surface area contributed by atoms with E-state index < -0.39 is 0 Å². The number of rotatable bonds is 8. The van der Waals surface area contributed by atoms with Gasteiger partial charge >= 0.3 is 0 Å². The van der Waals surface area contributed by atoms with Crippen molar-refractivity contribution in [1.29, 1.82) is 0 Å². The van der Waals surface area contributed by atoms with Gasteiger partial charge in [-0.2, -0.15) is 0 Å². The van der Waals surface area contributed by atoms with E-state index in [1.54, 1.807) is 18.8 Å². The number of fused-ring (bicyclic) bond motifs is 1. The fourth-order valence-corrected chi connectivity index (χ4v) is 5.72. The number of hydrogen-bond donors (Lipinski definition) is 1. The molecule has 2 atom stereocenters. The molecule has 6 nitrogen and oxygen atoms in total. The van der Waals surface area contributed by atoms with Crippen LogP contribution in [-0.4, -0.2) is 57.3 Å². The Morgan fingerprint density at radius 3 is 2.87 bits per heavy atom. The first kappa shape index (κ1) is 21.9. The molecule has 1 saturated heterocycles. The lowest BCUT2D eigenvalue weighted by Gasteiger charge is -2.21. The van der Waals surface area contributed by atoms with Gasteiger partial charge in [-0.15, -0.1) is 10.2 Å². The zero-order valence-electron chi connectivity index (χ0n) is 17.2. The lowest BCUT2D eigenvalue weighted by Crippen LogP contribution is -2.27. The van der Waals surface area contributed by atoms with Gasteiger partial charge in [-0.05, 0) is 43.0 Å². The summed E-state index contributed by atoms with van der Waals surface area (Å²) >= 11 is 11.4. The van der Waals surface area contributed by atoms with Crippen LogP contribution in [0.15, 0.2) is 45.1 Å². The van der Waals surface area contributed by atoms with E-state index >= 15 is 0 Å². The predicted octanol–water partition coefficient (Wildman–Crippen LogP) is 3.90. The molecule has 160 valence electrons. The SMILES string of the molecule is CN=C(Cl)C(=CN)c1nnc(SCCCN2CC3CC3(c3ccc(Br)cc3)C2)n1C. The van der Waals surface area contributed by atoms with Crippen molar-refractivity contribution in [3.8, 4) is 0 Å². The molecular weight excluding hydrogens is 484 g/mol. The molecule has 1 aliphatic heterocycles. The van der Waals surface area contributed by atoms with E-state index in [1.807, 2.05) is 11.6 Å². The van der Waals surface area contributed by atoms with Crippen molar-refractivity contribution in [3.63, 3.8) is 0 Å². The number of piperidine rings is 1. The molecule has 0 radical (unpaired) electrons. The summed E-state index contributed by atoms with van der Waals surface area (Å²) < 4.78 is 3.07. The topological polar surface area (TPSA) is 72.3 Å². The first-order valence-corrected chi connectivity index (χ1v) is 12.2. The zero-order valence-corrected chi connectivity index (χ0v) is 20.3. The van der Waals surface area contributed by atoms with Gasteiger partial charge in [-0.1, -0.05) is 51.4 Å². The largest absolute Gasteiger partial charge is 0.404 e. The number of allylic oxidation sites excluding steroid dienone is 1. The molecule has 0 bridgehead atoms. The van der Waals surface area contributed by atoms with Crippen LogP contribution in [0.2, 0.25) is 0 Å². The zero-order chi connectivity index (χ0) is 21.3. The van der Waals surface area contributed by atoms with Crippen LogP contribution in [0.3, 0.4) is 0 Å². The average Bonchev–Trinajstić information content (AvgIpc) is 3.13. The summed E-state index contributed by atoms with van der Waals surface area (Å²) in [6.07, 6.45) is 3.88. The molecule has 1 saturated carbocycles. The van der Waals surface area contributed by atoms with Crippen LogP contribution in [-0.2, 0) is 12.5 Å². The average molecular weight is 510 g/mol. The molecule has 30 heavy (non-hydrogen) atoms. The summed E-state index contributed by atoms with van der Waals surface area (Å²) in [4.78, 5) is 6.60. The lowest BCUT2D eigenvalue weighted by atomic mass is 9.95. The van der Waals surface area contributed by atoms with Crippen molar-refractivity contribution in [1.82, 2.24) is 19.7 Å². The van der Waals surface area contributed by atoms with Gasteiger partial charge in [0.25, 0.3) is 0 Å². The number of benzene rings is 1. The Morgan fingerprint density at radius 2 is 2.17 bits per heavy atom. The summed E-state index contributed by atoms with van der Waals surface area (Å²) in [5.41, 5.74) is 8.19. The second kappa shape index (κ2) is 9.02. The fourth-order valence-electron chi connectivity index (χ4n) is 4.47. The normalized spacial score (nSPS) is 24.3. The van der Waals surface area contributed by atoms with Crippen LogP contribution in [0.5, 0.6) is 0 Å². The fraction of sp³-hybridized carbons (Fsp3) is 0.476. The van der Waals surface area contributed by atoms with Crippen LogP contribution >= 0.6 is 39.3 Å². The third-order valence-electron chi connectivity index (χ3n) is 6.15. The second-order valence-electron chi connectivity index (χ2n) is 7.96. The molecule has 4 rings (SSSR count). The number of likely N-dealkylation sites (tertiary alicyclic amines) is 1. The van der Waals surface area contributed by atoms with Crippen molar-refractivity contribution in [2.24, 2.45) is 23.7 Å². The predicted molar refractivity (Wildman–Crippen MR) is 128 cm³/mol. The number of hydrogen-bond acceptors (Lipinski definition) is 6. The Balaban J connectivity index is 1.27. The number of thioether (sulfide) groups is 1. The molecule has 2 heterocycles. The number of halogens is 2. The van der Waals surface area contributed by atoms with Gasteiger partial charge in [0.1, 0.15) is 5.17 Å². The van der Waals surface area contributed by atoms with Crippen molar-refractivity contribution < 1.29 is 0 Å². The van der Waals surface area contributed by atoms with Crippen molar-refractivity contribution in [2.75, 3.05) is 32.4 Å². The number of nitrogens with two attached hydrogens (primary N) is 1. The van der Waals surface area contributed by atoms with Crippen LogP contribution < -0.4 is 5.73 Å². The van der Waals surface area contributed by atoms with Crippen molar-refractivity contribution >= 4 is 50.0 Å². The van der Waals surface area contributed by atoms with E-state index in [9.17, 15) is 0 Å². The maximum Gasteiger partial charge on any atom is 0.191 e. The second-order valence-corrected chi connectivity index (χ2v) is 10.3. The Morgan fingerprint density at radius 1 is 1.40 bits per heavy atom. The maximum atomic E-state index is 6.13. The van der Waals surface area contributed by atoms with Gasteiger partial charge in [-0.3, -0.25) is 4.99 Å². The van der Waals surface area contributed by atoms with Crippen molar-refractivity contribution in [2.45, 2.75) is 23.4 Å². The maximum absolute atomic E-state index is 6.13. The van der Waals surface area contributed by atoms with Gasteiger partial charge in [0, 0.05) is 49.0 Å². The smallest absolute Gasteiger partial charge is 0.191 e. The van der Waals surface area contributed by atoms with E-state index in [1.165, 1.54) is 31.3 Å². The molecule has 9 heteroatoms. The van der Waals surface area contributed by atoms with Crippen LogP contribution in [0.25, 0.3) is 5.57 Å². The highest BCUT2D eigenvalue weighted by atomic mass is 79.9. The van der Waals surface area contributed by atoms with Gasteiger partial charge in [0.2, 0.25) is 0 Å². The van der Waals surface area contributed by atoms with Crippen molar-refractivity contribution in [3.05, 3.63) is 46.3 Å². The summed E-state index contributed by atoms with van der Waals surface area (Å²) in [7, 11) is 3.55. The van der Waals surface area contributed by atoms with Gasteiger partial charge in [-0.25, -0.2) is 0 Å². The molecule has 0 amide bonds. The highest BCUT2D eigenvalue weighted by molar-refractivity contribution is 9.10. The van der Waals surface area contributed by atoms with E-state index in [0.29, 0.717) is 22.0 Å². The molecule has 1 aromatic heterocycles. The molecule has 1 aliphatic carbocycles. The lowest BCUT2D eigenvalue weighted by molar-refractivity contribution is 0.299. The van der Waals surface area contributed by atoms with E-state index in [4.69, 9.17) is 17.3 Å². The summed E-state index contributed by atoms with van der Waals surface area (Å²) in [5, 5.41) is 9.73. The van der Waals surface area contributed by atoms with Crippen LogP contribution in [0.1, 0.15) is 24.2 Å². The Kier molecular flexibility index (Phi) is 6.58. The monoisotopic (exact) mass is 508 g/mol. The molecule has 2 N–H and O–H groups in total. The number of aromatic nitrogens is 3. The van der Waals surface area contributed by atoms with Gasteiger partial charge < -0.3 is 15.2 Å². The van der Waals surface area contributed by atoms with Gasteiger partial charge in [0.05, 0.1) is 5.57 Å². The standard InChI is InChI=1S/C21H26BrClN6S/c1-25-18(23)17(11-24)19-26-27-20(28(19)2)30-9-3-8-29-12-15-10-21(15,13-29)14-4-6-16(22)7-5-14/h4-7,11,15H,3,8-10,12-13,24H2,1-2H3. The third kappa shape index (κ3) is 4.20. The minimum atomic E-state index is 0.330. The number of nitrogens with zero attached hydrogens (tertiary/aromatic N) is 5. The van der Waals surface area contributed by atoms with Crippen LogP contribution in [0.4, 0.5) is 0 Å². The summed E-state index contributed by atoms with van der Waals surface area (Å²) in [5.74, 6) is 2.45. The Labute approximate surface area is 195 Å². The van der Waals surface area contributed by atoms with E-state index in [-0.39, 0.29) is 0 Å². The molecule has 2 aromatic rings. The quantitative estimate of drug-likeness (QED) is 0.332. The molecular formula is C21H26BrClN6S. The van der Waals surface area contributed by atoms with Gasteiger partial charge in [0.15, 0.2) is 11.0 Å². The Bertz CT molecular complexity index is 972. The first-order chi connectivity index (χ1) is 14.5. The summed E-state index contributed by atoms with van der Waals surface area (Å²) in [6, 6.07) is 8.90. The molecule has 0 spiro atoms. The molecule has 2 aliphatic rings. The first-order valence-electron chi connectivity index (χ1n) is 10.0. The third-order valence-corrected chi connectivity index (χ3v) is 8.15. The minimum absolute atomic E-state index is 0.330. The molecule has 1 aromatic carbocycles. The molecule has 2 fully saturated rings. The highest BCUT2D eigenvalue weighted by Gasteiger charge is 2.60. The Hall–Kier alpha value is -1.35. The highest BCUT2D eigenvalue weighted by Crippen LogP contribution is 2.59.